The van der Waals surface area contributed by atoms with Gasteiger partial charge in [-0.1, -0.05) is 20.8 Å². The molecule has 0 radical (unpaired) electrons. The van der Waals surface area contributed by atoms with E-state index in [0.29, 0.717) is 5.92 Å². The van der Waals surface area contributed by atoms with Gasteiger partial charge in [-0.3, -0.25) is 4.68 Å². The molecule has 3 heteroatoms. The fourth-order valence-corrected chi connectivity index (χ4v) is 2.49. The molecule has 0 fully saturated rings. The van der Waals surface area contributed by atoms with Crippen molar-refractivity contribution in [1.29, 1.82) is 0 Å². The second kappa shape index (κ2) is 3.63. The summed E-state index contributed by atoms with van der Waals surface area (Å²) in [5, 5.41) is 13.5. The third-order valence-electron chi connectivity index (χ3n) is 3.29. The molecule has 1 N–H and O–H groups in total. The van der Waals surface area contributed by atoms with Gasteiger partial charge in [-0.05, 0) is 24.3 Å². The zero-order valence-electron chi connectivity index (χ0n) is 9.82. The summed E-state index contributed by atoms with van der Waals surface area (Å²) in [6.45, 7) is 7.88. The molecule has 0 bridgehead atoms. The zero-order chi connectivity index (χ0) is 11.1. The number of nitrogens with zero attached hydrogens (tertiary/aromatic N) is 2. The van der Waals surface area contributed by atoms with E-state index in [1.54, 1.807) is 0 Å². The van der Waals surface area contributed by atoms with E-state index in [1.807, 2.05) is 0 Å². The molecule has 0 saturated heterocycles. The molecular weight excluding hydrogens is 188 g/mol. The van der Waals surface area contributed by atoms with E-state index < -0.39 is 0 Å². The van der Waals surface area contributed by atoms with Crippen LogP contribution < -0.4 is 0 Å². The largest absolute Gasteiger partial charge is 0.390 e. The number of rotatable bonds is 1. The molecule has 1 aliphatic rings. The quantitative estimate of drug-likeness (QED) is 0.769. The topological polar surface area (TPSA) is 38.0 Å². The van der Waals surface area contributed by atoms with E-state index in [-0.39, 0.29) is 12.0 Å². The van der Waals surface area contributed by atoms with Gasteiger partial charge in [-0.15, -0.1) is 0 Å². The Morgan fingerprint density at radius 2 is 2.27 bits per heavy atom. The molecular formula is C12H20N2O. The number of aliphatic hydroxyl groups excluding tert-OH is 1. The summed E-state index contributed by atoms with van der Waals surface area (Å²) in [6.07, 6.45) is 2.43. The van der Waals surface area contributed by atoms with Crippen molar-refractivity contribution in [2.75, 3.05) is 0 Å². The SMILES string of the molecule is CC(C)(C)C1CCCn2nc(CO)cc21. The number of aliphatic hydroxyl groups is 1. The first-order valence-electron chi connectivity index (χ1n) is 5.70. The normalized spacial score (nSPS) is 21.5. The van der Waals surface area contributed by atoms with Gasteiger partial charge in [0.2, 0.25) is 0 Å². The zero-order valence-corrected chi connectivity index (χ0v) is 9.82. The first-order valence-corrected chi connectivity index (χ1v) is 5.70. The smallest absolute Gasteiger partial charge is 0.0881 e. The molecule has 0 saturated carbocycles. The molecule has 1 atom stereocenters. The van der Waals surface area contributed by atoms with Gasteiger partial charge in [0.25, 0.3) is 0 Å². The Kier molecular flexibility index (Phi) is 2.59. The van der Waals surface area contributed by atoms with Crippen molar-refractivity contribution in [3.63, 3.8) is 0 Å². The molecule has 0 aliphatic carbocycles. The summed E-state index contributed by atoms with van der Waals surface area (Å²) in [7, 11) is 0. The number of aryl methyl sites for hydroxylation is 1. The van der Waals surface area contributed by atoms with Gasteiger partial charge in [0.15, 0.2) is 0 Å². The van der Waals surface area contributed by atoms with E-state index in [1.165, 1.54) is 18.5 Å². The van der Waals surface area contributed by atoms with Crippen LogP contribution in [0.2, 0.25) is 0 Å². The molecule has 1 aromatic rings. The van der Waals surface area contributed by atoms with Gasteiger partial charge in [-0.25, -0.2) is 0 Å². The lowest BCUT2D eigenvalue weighted by atomic mass is 9.75. The fourth-order valence-electron chi connectivity index (χ4n) is 2.49. The van der Waals surface area contributed by atoms with Crippen LogP contribution in [0.1, 0.15) is 50.9 Å². The summed E-state index contributed by atoms with van der Waals surface area (Å²) >= 11 is 0. The maximum absolute atomic E-state index is 9.10. The van der Waals surface area contributed by atoms with Crippen LogP contribution in [0.5, 0.6) is 0 Å². The lowest BCUT2D eigenvalue weighted by Gasteiger charge is -2.34. The van der Waals surface area contributed by atoms with Crippen molar-refractivity contribution >= 4 is 0 Å². The lowest BCUT2D eigenvalue weighted by molar-refractivity contribution is 0.254. The van der Waals surface area contributed by atoms with E-state index in [2.05, 4.69) is 36.6 Å². The highest BCUT2D eigenvalue weighted by Crippen LogP contribution is 2.41. The first-order chi connectivity index (χ1) is 7.02. The van der Waals surface area contributed by atoms with Crippen molar-refractivity contribution in [3.8, 4) is 0 Å². The molecule has 1 aliphatic heterocycles. The van der Waals surface area contributed by atoms with E-state index in [0.717, 1.165) is 12.2 Å². The molecule has 15 heavy (non-hydrogen) atoms. The van der Waals surface area contributed by atoms with Gasteiger partial charge in [0, 0.05) is 18.2 Å². The van der Waals surface area contributed by atoms with E-state index in [9.17, 15) is 0 Å². The van der Waals surface area contributed by atoms with Crippen LogP contribution in [0.25, 0.3) is 0 Å². The predicted molar refractivity (Wildman–Crippen MR) is 59.6 cm³/mol. The van der Waals surface area contributed by atoms with Crippen LogP contribution in [-0.4, -0.2) is 14.9 Å². The molecule has 0 aromatic carbocycles. The summed E-state index contributed by atoms with van der Waals surface area (Å²) in [5.74, 6) is 0.569. The number of hydrogen-bond acceptors (Lipinski definition) is 2. The molecule has 2 rings (SSSR count). The fraction of sp³-hybridized carbons (Fsp3) is 0.750. The highest BCUT2D eigenvalue weighted by atomic mass is 16.3. The van der Waals surface area contributed by atoms with Gasteiger partial charge < -0.3 is 5.11 Å². The molecule has 2 heterocycles. The van der Waals surface area contributed by atoms with Crippen molar-refractivity contribution < 1.29 is 5.11 Å². The Bertz CT molecular complexity index is 349. The van der Waals surface area contributed by atoms with Crippen molar-refractivity contribution in [2.24, 2.45) is 5.41 Å². The highest BCUT2D eigenvalue weighted by Gasteiger charge is 2.31. The summed E-state index contributed by atoms with van der Waals surface area (Å²) in [5.41, 5.74) is 2.39. The second-order valence-electron chi connectivity index (χ2n) is 5.50. The molecule has 0 amide bonds. The van der Waals surface area contributed by atoms with Gasteiger partial charge >= 0.3 is 0 Å². The Hall–Kier alpha value is -0.830. The third kappa shape index (κ3) is 1.93. The number of hydrogen-bond donors (Lipinski definition) is 1. The summed E-state index contributed by atoms with van der Waals surface area (Å²) < 4.78 is 2.07. The van der Waals surface area contributed by atoms with Gasteiger partial charge in [0.1, 0.15) is 0 Å². The van der Waals surface area contributed by atoms with Crippen LogP contribution in [0.15, 0.2) is 6.07 Å². The molecule has 84 valence electrons. The first kappa shape index (κ1) is 10.7. The van der Waals surface area contributed by atoms with Crippen LogP contribution in [-0.2, 0) is 13.2 Å². The van der Waals surface area contributed by atoms with Crippen LogP contribution in [0.4, 0.5) is 0 Å². The second-order valence-corrected chi connectivity index (χ2v) is 5.50. The average molecular weight is 208 g/mol. The highest BCUT2D eigenvalue weighted by molar-refractivity contribution is 5.18. The molecule has 1 unspecified atom stereocenters. The monoisotopic (exact) mass is 208 g/mol. The van der Waals surface area contributed by atoms with Crippen molar-refractivity contribution in [3.05, 3.63) is 17.5 Å². The van der Waals surface area contributed by atoms with Crippen molar-refractivity contribution in [2.45, 2.75) is 52.7 Å². The average Bonchev–Trinajstić information content (AvgIpc) is 2.57. The Balaban J connectivity index is 2.37. The number of fused-ring (bicyclic) bond motifs is 1. The van der Waals surface area contributed by atoms with Crippen LogP contribution in [0.3, 0.4) is 0 Å². The summed E-state index contributed by atoms with van der Waals surface area (Å²) in [4.78, 5) is 0. The maximum atomic E-state index is 9.10. The minimum absolute atomic E-state index is 0.0524. The van der Waals surface area contributed by atoms with Crippen LogP contribution in [0, 0.1) is 5.41 Å². The minimum Gasteiger partial charge on any atom is -0.390 e. The van der Waals surface area contributed by atoms with E-state index in [4.69, 9.17) is 5.11 Å². The van der Waals surface area contributed by atoms with Gasteiger partial charge in [0.05, 0.1) is 12.3 Å². The summed E-state index contributed by atoms with van der Waals surface area (Å²) in [6, 6.07) is 2.06. The standard InChI is InChI=1S/C12H20N2O/c1-12(2,3)10-5-4-6-14-11(10)7-9(8-15)13-14/h7,10,15H,4-6,8H2,1-3H3. The Morgan fingerprint density at radius 1 is 1.53 bits per heavy atom. The predicted octanol–water partition coefficient (Wildman–Crippen LogP) is 2.30. The maximum Gasteiger partial charge on any atom is 0.0881 e. The van der Waals surface area contributed by atoms with Gasteiger partial charge in [-0.2, -0.15) is 5.10 Å². The van der Waals surface area contributed by atoms with Crippen molar-refractivity contribution in [1.82, 2.24) is 9.78 Å². The number of aromatic nitrogens is 2. The lowest BCUT2D eigenvalue weighted by Crippen LogP contribution is -2.26. The molecule has 0 spiro atoms. The molecule has 3 nitrogen and oxygen atoms in total. The van der Waals surface area contributed by atoms with Crippen LogP contribution >= 0.6 is 0 Å². The Labute approximate surface area is 91.1 Å². The van der Waals surface area contributed by atoms with E-state index >= 15 is 0 Å². The third-order valence-corrected chi connectivity index (χ3v) is 3.29. The Morgan fingerprint density at radius 3 is 2.87 bits per heavy atom. The minimum atomic E-state index is 0.0524. The molecule has 1 aromatic heterocycles.